The van der Waals surface area contributed by atoms with Gasteiger partial charge in [-0.3, -0.25) is 4.79 Å². The van der Waals surface area contributed by atoms with Gasteiger partial charge in [0.15, 0.2) is 15.7 Å². The highest BCUT2D eigenvalue weighted by Gasteiger charge is 2.39. The number of ether oxygens (including phenoxy) is 2. The molecule has 2 N–H and O–H groups in total. The topological polar surface area (TPSA) is 159 Å². The van der Waals surface area contributed by atoms with E-state index in [1.807, 2.05) is 12.1 Å². The molecule has 242 valence electrons. The lowest BCUT2D eigenvalue weighted by molar-refractivity contribution is 0.0770. The molecule has 7 rings (SSSR count). The molecule has 46 heavy (non-hydrogen) atoms. The monoisotopic (exact) mass is 648 g/mol. The van der Waals surface area contributed by atoms with Crippen molar-refractivity contribution in [1.82, 2.24) is 19.9 Å². The number of nitrogens with one attached hydrogen (secondary N) is 2. The molecule has 1 aromatic heterocycles. The van der Waals surface area contributed by atoms with Crippen molar-refractivity contribution in [3.05, 3.63) is 54.1 Å². The number of hydrogen-bond donors (Lipinski definition) is 2. The van der Waals surface area contributed by atoms with Crippen molar-refractivity contribution in [2.75, 3.05) is 84.5 Å². The van der Waals surface area contributed by atoms with Gasteiger partial charge in [0, 0.05) is 48.7 Å². The molecule has 2 unspecified atom stereocenters. The maximum absolute atomic E-state index is 12.8. The van der Waals surface area contributed by atoms with Crippen LogP contribution in [0.5, 0.6) is 0 Å². The first-order valence-corrected chi connectivity index (χ1v) is 17.4. The quantitative estimate of drug-likeness (QED) is 0.404. The Morgan fingerprint density at radius 2 is 1.33 bits per heavy atom. The maximum Gasteiger partial charge on any atom is 0.323 e. The zero-order valence-electron chi connectivity index (χ0n) is 25.3. The minimum atomic E-state index is -3.08. The van der Waals surface area contributed by atoms with Crippen LogP contribution in [0.15, 0.2) is 48.5 Å². The molecule has 5 heterocycles. The lowest BCUT2D eigenvalue weighted by atomic mass is 10.1. The molecule has 0 radical (unpaired) electrons. The predicted octanol–water partition coefficient (Wildman–Crippen LogP) is 2.26. The van der Waals surface area contributed by atoms with Crippen LogP contribution in [-0.2, 0) is 19.3 Å². The summed E-state index contributed by atoms with van der Waals surface area (Å²) in [4.78, 5) is 46.1. The summed E-state index contributed by atoms with van der Waals surface area (Å²) in [5.41, 5.74) is 2.33. The summed E-state index contributed by atoms with van der Waals surface area (Å²) in [6, 6.07) is 13.9. The molecule has 14 nitrogen and oxygen atoms in total. The average Bonchev–Trinajstić information content (AvgIpc) is 3.33. The fraction of sp³-hybridized carbons (Fsp3) is 0.452. The van der Waals surface area contributed by atoms with Gasteiger partial charge in [-0.2, -0.15) is 15.0 Å². The second-order valence-corrected chi connectivity index (χ2v) is 14.2. The van der Waals surface area contributed by atoms with Crippen molar-refractivity contribution in [2.24, 2.45) is 0 Å². The SMILES string of the molecule is O=C(Nc1ccc(C(=O)N2CCS(=O)(=O)CC2)cc1)Nc1ccc(-c2nc(N3CCOCC3)nc(N3C4CCC3COC4)n2)cc1. The van der Waals surface area contributed by atoms with Crippen molar-refractivity contribution in [3.63, 3.8) is 0 Å². The molecular weight excluding hydrogens is 612 g/mol. The number of hydrogen-bond acceptors (Lipinski definition) is 11. The van der Waals surface area contributed by atoms with Gasteiger partial charge in [0.1, 0.15) is 0 Å². The highest BCUT2D eigenvalue weighted by molar-refractivity contribution is 7.91. The van der Waals surface area contributed by atoms with Crippen molar-refractivity contribution in [3.8, 4) is 11.4 Å². The Kier molecular flexibility index (Phi) is 8.44. The lowest BCUT2D eigenvalue weighted by Gasteiger charge is -2.35. The number of carbonyl (C=O) groups is 2. The first-order chi connectivity index (χ1) is 22.3. The number of nitrogens with zero attached hydrogens (tertiary/aromatic N) is 6. The summed E-state index contributed by atoms with van der Waals surface area (Å²) in [6.07, 6.45) is 2.10. The molecule has 0 aliphatic carbocycles. The third-order valence-corrected chi connectivity index (χ3v) is 10.4. The van der Waals surface area contributed by atoms with E-state index in [0.29, 0.717) is 74.2 Å². The number of carbonyl (C=O) groups excluding carboxylic acids is 2. The summed E-state index contributed by atoms with van der Waals surface area (Å²) in [7, 11) is -3.08. The molecule has 3 aromatic rings. The van der Waals surface area contributed by atoms with Gasteiger partial charge in [0.25, 0.3) is 5.91 Å². The van der Waals surface area contributed by atoms with Gasteiger partial charge in [-0.15, -0.1) is 0 Å². The van der Waals surface area contributed by atoms with Crippen LogP contribution in [0.2, 0.25) is 0 Å². The lowest BCUT2D eigenvalue weighted by Crippen LogP contribution is -2.47. The zero-order valence-corrected chi connectivity index (χ0v) is 26.1. The Labute approximate surface area is 267 Å². The average molecular weight is 649 g/mol. The molecular formula is C31H36N8O6S. The van der Waals surface area contributed by atoms with E-state index in [9.17, 15) is 18.0 Å². The minimum absolute atomic E-state index is 0.0269. The number of sulfone groups is 1. The Balaban J connectivity index is 1.02. The normalized spacial score (nSPS) is 22.4. The summed E-state index contributed by atoms with van der Waals surface area (Å²) < 4.78 is 34.7. The first-order valence-electron chi connectivity index (χ1n) is 15.5. The third kappa shape index (κ3) is 6.62. The number of urea groups is 1. The summed E-state index contributed by atoms with van der Waals surface area (Å²) in [5.74, 6) is 1.58. The molecule has 4 fully saturated rings. The number of fused-ring (bicyclic) bond motifs is 2. The van der Waals surface area contributed by atoms with Crippen LogP contribution >= 0.6 is 0 Å². The summed E-state index contributed by atoms with van der Waals surface area (Å²) >= 11 is 0. The molecule has 4 aliphatic rings. The Hall–Kier alpha value is -4.34. The molecule has 4 aliphatic heterocycles. The van der Waals surface area contributed by atoms with E-state index in [-0.39, 0.29) is 42.6 Å². The van der Waals surface area contributed by atoms with Gasteiger partial charge in [-0.05, 0) is 61.4 Å². The van der Waals surface area contributed by atoms with Crippen LogP contribution in [0.1, 0.15) is 23.2 Å². The van der Waals surface area contributed by atoms with Gasteiger partial charge in [-0.1, -0.05) is 0 Å². The Morgan fingerprint density at radius 3 is 1.96 bits per heavy atom. The molecule has 2 aromatic carbocycles. The van der Waals surface area contributed by atoms with Crippen LogP contribution in [0.3, 0.4) is 0 Å². The highest BCUT2D eigenvalue weighted by atomic mass is 32.2. The van der Waals surface area contributed by atoms with Gasteiger partial charge in [0.05, 0.1) is 50.0 Å². The standard InChI is InChI=1S/C31H36N8O6S/c40-28(37-13-17-46(42,43)18-14-37)22-3-7-24(8-4-22)33-31(41)32-23-5-1-21(2-6-23)27-34-29(38-11-15-44-16-12-38)36-30(35-27)39-25-9-10-26(39)20-45-19-25/h1-8,25-26H,9-20H2,(H2,32,33,41). The number of morpholine rings is 2. The largest absolute Gasteiger partial charge is 0.378 e. The molecule has 4 saturated heterocycles. The fourth-order valence-corrected chi connectivity index (χ4v) is 7.45. The number of anilines is 4. The first kappa shape index (κ1) is 30.3. The summed E-state index contributed by atoms with van der Waals surface area (Å²) in [5, 5.41) is 5.61. The highest BCUT2D eigenvalue weighted by Crippen LogP contribution is 2.34. The zero-order chi connectivity index (χ0) is 31.7. The van der Waals surface area contributed by atoms with E-state index in [2.05, 4.69) is 20.4 Å². The van der Waals surface area contributed by atoms with E-state index in [1.165, 1.54) is 4.90 Å². The Bertz CT molecular complexity index is 1670. The van der Waals surface area contributed by atoms with Crippen molar-refractivity contribution in [1.29, 1.82) is 0 Å². The van der Waals surface area contributed by atoms with Gasteiger partial charge in [-0.25, -0.2) is 13.2 Å². The van der Waals surface area contributed by atoms with E-state index >= 15 is 0 Å². The molecule has 2 atom stereocenters. The van der Waals surface area contributed by atoms with Crippen LogP contribution < -0.4 is 20.4 Å². The molecule has 15 heteroatoms. The molecule has 0 spiro atoms. The molecule has 2 bridgehead atoms. The van der Waals surface area contributed by atoms with Crippen LogP contribution in [0, 0.1) is 0 Å². The predicted molar refractivity (Wildman–Crippen MR) is 172 cm³/mol. The van der Waals surface area contributed by atoms with E-state index in [0.717, 1.165) is 18.4 Å². The van der Waals surface area contributed by atoms with Gasteiger partial charge in [0.2, 0.25) is 11.9 Å². The number of rotatable bonds is 6. The molecule has 0 saturated carbocycles. The second-order valence-electron chi connectivity index (χ2n) is 11.9. The minimum Gasteiger partial charge on any atom is -0.378 e. The molecule has 3 amide bonds. The van der Waals surface area contributed by atoms with Crippen molar-refractivity contribution < 1.29 is 27.5 Å². The van der Waals surface area contributed by atoms with E-state index in [1.54, 1.807) is 36.4 Å². The van der Waals surface area contributed by atoms with Crippen LogP contribution in [0.4, 0.5) is 28.1 Å². The van der Waals surface area contributed by atoms with E-state index < -0.39 is 15.9 Å². The van der Waals surface area contributed by atoms with Crippen molar-refractivity contribution >= 4 is 45.0 Å². The van der Waals surface area contributed by atoms with E-state index in [4.69, 9.17) is 24.4 Å². The number of aromatic nitrogens is 3. The van der Waals surface area contributed by atoms with Crippen LogP contribution in [0.25, 0.3) is 11.4 Å². The third-order valence-electron chi connectivity index (χ3n) is 8.80. The maximum atomic E-state index is 12.8. The Morgan fingerprint density at radius 1 is 0.739 bits per heavy atom. The van der Waals surface area contributed by atoms with Gasteiger partial charge >= 0.3 is 6.03 Å². The van der Waals surface area contributed by atoms with Crippen molar-refractivity contribution in [2.45, 2.75) is 24.9 Å². The smallest absolute Gasteiger partial charge is 0.323 e. The number of benzene rings is 2. The fourth-order valence-electron chi connectivity index (χ4n) is 6.25. The second kappa shape index (κ2) is 12.8. The summed E-state index contributed by atoms with van der Waals surface area (Å²) in [6.45, 7) is 4.36. The van der Waals surface area contributed by atoms with Gasteiger partial charge < -0.3 is 34.8 Å². The van der Waals surface area contributed by atoms with Crippen LogP contribution in [-0.4, -0.2) is 116 Å². The number of amides is 3.